The maximum Gasteiger partial charge on any atom is 0.254 e. The topological polar surface area (TPSA) is 40.5 Å². The Hall–Kier alpha value is -1.31. The summed E-state index contributed by atoms with van der Waals surface area (Å²) in [5, 5.41) is 10.4. The molecule has 3 nitrogen and oxygen atoms in total. The van der Waals surface area contributed by atoms with Crippen LogP contribution >= 0.6 is 11.3 Å². The Bertz CT molecular complexity index is 456. The molecule has 4 heteroatoms. The van der Waals surface area contributed by atoms with Gasteiger partial charge in [-0.3, -0.25) is 4.79 Å². The van der Waals surface area contributed by atoms with Gasteiger partial charge in [-0.25, -0.2) is 0 Å². The first kappa shape index (κ1) is 14.7. The van der Waals surface area contributed by atoms with Crippen LogP contribution in [0.15, 0.2) is 11.4 Å². The van der Waals surface area contributed by atoms with Crippen LogP contribution in [0.5, 0.6) is 0 Å². The van der Waals surface area contributed by atoms with Gasteiger partial charge in [0.1, 0.15) is 6.61 Å². The molecular weight excluding hydrogens is 246 g/mol. The fourth-order valence-electron chi connectivity index (χ4n) is 1.54. The molecule has 0 saturated heterocycles. The molecule has 0 radical (unpaired) electrons. The van der Waals surface area contributed by atoms with Gasteiger partial charge in [0.05, 0.1) is 10.4 Å². The van der Waals surface area contributed by atoms with Crippen molar-refractivity contribution in [2.75, 3.05) is 20.2 Å². The summed E-state index contributed by atoms with van der Waals surface area (Å²) in [7, 11) is 1.82. The Morgan fingerprint density at radius 3 is 2.94 bits per heavy atom. The number of aliphatic hydroxyl groups is 1. The Morgan fingerprint density at radius 1 is 1.61 bits per heavy atom. The standard InChI is InChI=1S/C14H19NO2S/c1-4-11(2)9-15(3)14(17)12-8-13(18-10-12)6-5-7-16/h8,10-11,16H,4,7,9H2,1-3H3. The number of carbonyl (C=O) groups excluding carboxylic acids is 1. The molecule has 1 N–H and O–H groups in total. The summed E-state index contributed by atoms with van der Waals surface area (Å²) < 4.78 is 0. The smallest absolute Gasteiger partial charge is 0.254 e. The molecule has 1 rings (SSSR count). The average molecular weight is 265 g/mol. The van der Waals surface area contributed by atoms with Gasteiger partial charge in [-0.1, -0.05) is 32.1 Å². The zero-order valence-corrected chi connectivity index (χ0v) is 11.9. The molecule has 0 saturated carbocycles. The van der Waals surface area contributed by atoms with Crippen molar-refractivity contribution in [2.45, 2.75) is 20.3 Å². The van der Waals surface area contributed by atoms with Gasteiger partial charge in [0, 0.05) is 19.0 Å². The van der Waals surface area contributed by atoms with E-state index in [0.717, 1.165) is 17.8 Å². The number of nitrogens with zero attached hydrogens (tertiary/aromatic N) is 1. The summed E-state index contributed by atoms with van der Waals surface area (Å²) in [6, 6.07) is 1.78. The monoisotopic (exact) mass is 265 g/mol. The molecule has 0 aliphatic carbocycles. The van der Waals surface area contributed by atoms with E-state index in [4.69, 9.17) is 5.11 Å². The van der Waals surface area contributed by atoms with Crippen molar-refractivity contribution in [1.82, 2.24) is 4.90 Å². The highest BCUT2D eigenvalue weighted by Gasteiger charge is 2.14. The van der Waals surface area contributed by atoms with Crippen LogP contribution in [0.25, 0.3) is 0 Å². The van der Waals surface area contributed by atoms with Gasteiger partial charge < -0.3 is 10.0 Å². The highest BCUT2D eigenvalue weighted by atomic mass is 32.1. The summed E-state index contributed by atoms with van der Waals surface area (Å²) in [5.74, 6) is 5.92. The highest BCUT2D eigenvalue weighted by Crippen LogP contribution is 2.16. The van der Waals surface area contributed by atoms with E-state index in [2.05, 4.69) is 25.7 Å². The third-order valence-corrected chi connectivity index (χ3v) is 3.61. The van der Waals surface area contributed by atoms with Crippen LogP contribution in [0.4, 0.5) is 0 Å². The van der Waals surface area contributed by atoms with Crippen molar-refractivity contribution in [1.29, 1.82) is 0 Å². The minimum atomic E-state index is -0.158. The van der Waals surface area contributed by atoms with E-state index < -0.39 is 0 Å². The van der Waals surface area contributed by atoms with Gasteiger partial charge >= 0.3 is 0 Å². The SMILES string of the molecule is CCC(C)CN(C)C(=O)c1csc(C#CCO)c1. The molecule has 1 amide bonds. The van der Waals surface area contributed by atoms with Crippen molar-refractivity contribution in [2.24, 2.45) is 5.92 Å². The molecule has 1 aromatic rings. The molecular formula is C14H19NO2S. The number of thiophene rings is 1. The number of hydrogen-bond acceptors (Lipinski definition) is 3. The molecule has 0 aliphatic heterocycles. The second kappa shape index (κ2) is 7.20. The summed E-state index contributed by atoms with van der Waals surface area (Å²) in [6.07, 6.45) is 1.06. The molecule has 1 heterocycles. The second-order valence-corrected chi connectivity index (χ2v) is 5.27. The van der Waals surface area contributed by atoms with Crippen LogP contribution in [0.1, 0.15) is 35.5 Å². The van der Waals surface area contributed by atoms with E-state index in [9.17, 15) is 4.79 Å². The summed E-state index contributed by atoms with van der Waals surface area (Å²) in [4.78, 5) is 14.7. The molecule has 0 fully saturated rings. The fraction of sp³-hybridized carbons (Fsp3) is 0.500. The largest absolute Gasteiger partial charge is 0.384 e. The van der Waals surface area contributed by atoms with Crippen LogP contribution in [0.3, 0.4) is 0 Å². The van der Waals surface area contributed by atoms with Crippen LogP contribution in [-0.2, 0) is 0 Å². The molecule has 0 aliphatic rings. The van der Waals surface area contributed by atoms with Crippen molar-refractivity contribution in [3.05, 3.63) is 21.9 Å². The zero-order valence-electron chi connectivity index (χ0n) is 11.1. The lowest BCUT2D eigenvalue weighted by Gasteiger charge is -2.20. The van der Waals surface area contributed by atoms with E-state index in [1.807, 2.05) is 12.4 Å². The van der Waals surface area contributed by atoms with Crippen LogP contribution in [-0.4, -0.2) is 36.1 Å². The maximum atomic E-state index is 12.1. The average Bonchev–Trinajstić information content (AvgIpc) is 2.83. The van der Waals surface area contributed by atoms with E-state index in [-0.39, 0.29) is 12.5 Å². The van der Waals surface area contributed by atoms with E-state index in [1.165, 1.54) is 11.3 Å². The highest BCUT2D eigenvalue weighted by molar-refractivity contribution is 7.10. The Kier molecular flexibility index (Phi) is 5.90. The Morgan fingerprint density at radius 2 is 2.33 bits per heavy atom. The molecule has 0 bridgehead atoms. The van der Waals surface area contributed by atoms with Gasteiger partial charge in [0.2, 0.25) is 0 Å². The number of amides is 1. The van der Waals surface area contributed by atoms with Gasteiger partial charge in [-0.2, -0.15) is 0 Å². The summed E-state index contributed by atoms with van der Waals surface area (Å²) in [5.41, 5.74) is 0.674. The third-order valence-electron chi connectivity index (χ3n) is 2.77. The van der Waals surface area contributed by atoms with Crippen LogP contribution < -0.4 is 0 Å². The third kappa shape index (κ3) is 4.17. The first-order valence-corrected chi connectivity index (χ1v) is 6.90. The number of carbonyl (C=O) groups is 1. The number of aliphatic hydroxyl groups excluding tert-OH is 1. The second-order valence-electron chi connectivity index (χ2n) is 4.36. The molecule has 0 spiro atoms. The normalized spacial score (nSPS) is 11.6. The number of rotatable bonds is 4. The van der Waals surface area contributed by atoms with E-state index in [1.54, 1.807) is 11.0 Å². The predicted octanol–water partition coefficient (Wildman–Crippen LogP) is 2.21. The lowest BCUT2D eigenvalue weighted by atomic mass is 10.1. The Balaban J connectivity index is 2.69. The molecule has 1 atom stereocenters. The van der Waals surface area contributed by atoms with E-state index >= 15 is 0 Å². The molecule has 0 aromatic carbocycles. The zero-order chi connectivity index (χ0) is 13.5. The minimum absolute atomic E-state index is 0.0311. The first-order chi connectivity index (χ1) is 8.58. The van der Waals surface area contributed by atoms with Gasteiger partial charge in [-0.15, -0.1) is 11.3 Å². The molecule has 98 valence electrons. The quantitative estimate of drug-likeness (QED) is 0.848. The van der Waals surface area contributed by atoms with Gasteiger partial charge in [0.25, 0.3) is 5.91 Å². The summed E-state index contributed by atoms with van der Waals surface area (Å²) >= 11 is 1.43. The predicted molar refractivity (Wildman–Crippen MR) is 74.7 cm³/mol. The minimum Gasteiger partial charge on any atom is -0.384 e. The Labute approximate surface area is 112 Å². The van der Waals surface area contributed by atoms with Crippen molar-refractivity contribution >= 4 is 17.2 Å². The fourth-order valence-corrected chi connectivity index (χ4v) is 2.29. The molecule has 1 aromatic heterocycles. The van der Waals surface area contributed by atoms with Crippen molar-refractivity contribution < 1.29 is 9.90 Å². The van der Waals surface area contributed by atoms with Crippen LogP contribution in [0, 0.1) is 17.8 Å². The van der Waals surface area contributed by atoms with Crippen molar-refractivity contribution in [3.8, 4) is 11.8 Å². The maximum absolute atomic E-state index is 12.1. The lowest BCUT2D eigenvalue weighted by molar-refractivity contribution is 0.0775. The van der Waals surface area contributed by atoms with Crippen molar-refractivity contribution in [3.63, 3.8) is 0 Å². The first-order valence-electron chi connectivity index (χ1n) is 6.02. The van der Waals surface area contributed by atoms with E-state index in [0.29, 0.717) is 11.5 Å². The molecule has 18 heavy (non-hydrogen) atoms. The summed E-state index contributed by atoms with van der Waals surface area (Å²) in [6.45, 7) is 4.86. The van der Waals surface area contributed by atoms with Gasteiger partial charge in [-0.05, 0) is 12.0 Å². The van der Waals surface area contributed by atoms with Gasteiger partial charge in [0.15, 0.2) is 0 Å². The molecule has 1 unspecified atom stereocenters. The van der Waals surface area contributed by atoms with Crippen LogP contribution in [0.2, 0.25) is 0 Å². The lowest BCUT2D eigenvalue weighted by Crippen LogP contribution is -2.30. The number of hydrogen-bond donors (Lipinski definition) is 1.